The molecule has 5 nitrogen and oxygen atoms in total. The number of rotatable bonds is 3. The largest absolute Gasteiger partial charge is 0.331 e. The summed E-state index contributed by atoms with van der Waals surface area (Å²) < 4.78 is 13.8. The molecule has 3 heterocycles. The van der Waals surface area contributed by atoms with Crippen LogP contribution >= 0.6 is 11.3 Å². The molecule has 2 aromatic rings. The van der Waals surface area contributed by atoms with Crippen molar-refractivity contribution in [2.75, 3.05) is 33.7 Å². The SMILES string of the molecule is CN(C)C(=O)N1C[C@H]2CN(Cc3cncs3)C[C@H]2[C@@H]1c1cccc(F)c1. The molecule has 2 saturated heterocycles. The van der Waals surface area contributed by atoms with E-state index in [1.807, 2.05) is 22.7 Å². The van der Waals surface area contributed by atoms with Gasteiger partial charge in [0.15, 0.2) is 0 Å². The predicted molar refractivity (Wildman–Crippen MR) is 99.3 cm³/mol. The van der Waals surface area contributed by atoms with Gasteiger partial charge in [-0.25, -0.2) is 9.18 Å². The van der Waals surface area contributed by atoms with Crippen molar-refractivity contribution < 1.29 is 9.18 Å². The van der Waals surface area contributed by atoms with Crippen LogP contribution in [0.3, 0.4) is 0 Å². The zero-order valence-electron chi connectivity index (χ0n) is 15.0. The summed E-state index contributed by atoms with van der Waals surface area (Å²) in [6.07, 6.45) is 1.92. The third-order valence-electron chi connectivity index (χ3n) is 5.42. The average molecular weight is 374 g/mol. The molecule has 0 saturated carbocycles. The van der Waals surface area contributed by atoms with Crippen molar-refractivity contribution in [1.29, 1.82) is 0 Å². The van der Waals surface area contributed by atoms with Gasteiger partial charge in [-0.05, 0) is 23.6 Å². The summed E-state index contributed by atoms with van der Waals surface area (Å²) in [7, 11) is 3.55. The van der Waals surface area contributed by atoms with Crippen LogP contribution in [0.25, 0.3) is 0 Å². The number of hydrogen-bond donors (Lipinski definition) is 0. The molecule has 0 spiro atoms. The number of benzene rings is 1. The molecule has 0 bridgehead atoms. The average Bonchev–Trinajstić information content (AvgIpc) is 3.30. The van der Waals surface area contributed by atoms with Crippen LogP contribution < -0.4 is 0 Å². The van der Waals surface area contributed by atoms with Crippen LogP contribution in [0.4, 0.5) is 9.18 Å². The Morgan fingerprint density at radius 2 is 2.19 bits per heavy atom. The van der Waals surface area contributed by atoms with Crippen LogP contribution in [-0.2, 0) is 6.54 Å². The molecular formula is C19H23FN4OS. The highest BCUT2D eigenvalue weighted by Crippen LogP contribution is 2.45. The van der Waals surface area contributed by atoms with Gasteiger partial charge in [-0.3, -0.25) is 9.88 Å². The lowest BCUT2D eigenvalue weighted by molar-refractivity contribution is 0.151. The standard InChI is InChI=1S/C19H23FN4OS/c1-22(2)19(25)24-9-14-8-23(10-16-7-21-12-26-16)11-17(14)18(24)13-4-3-5-15(20)6-13/h3-7,12,14,17-18H,8-11H2,1-2H3/t14-,17-,18+/m1/s1. The molecule has 1 aromatic heterocycles. The van der Waals surface area contributed by atoms with E-state index >= 15 is 0 Å². The van der Waals surface area contributed by atoms with E-state index in [-0.39, 0.29) is 17.9 Å². The third kappa shape index (κ3) is 3.21. The number of carbonyl (C=O) groups excluding carboxylic acids is 1. The Morgan fingerprint density at radius 1 is 1.35 bits per heavy atom. The molecule has 26 heavy (non-hydrogen) atoms. The van der Waals surface area contributed by atoms with Gasteiger partial charge in [-0.15, -0.1) is 11.3 Å². The van der Waals surface area contributed by atoms with Crippen molar-refractivity contribution in [2.45, 2.75) is 12.6 Å². The van der Waals surface area contributed by atoms with E-state index in [4.69, 9.17) is 0 Å². The summed E-state index contributed by atoms with van der Waals surface area (Å²) >= 11 is 1.67. The van der Waals surface area contributed by atoms with Crippen LogP contribution in [0.5, 0.6) is 0 Å². The second-order valence-electron chi connectivity index (χ2n) is 7.41. The first kappa shape index (κ1) is 17.4. The van der Waals surface area contributed by atoms with Gasteiger partial charge in [0.05, 0.1) is 11.6 Å². The highest BCUT2D eigenvalue weighted by atomic mass is 32.1. The van der Waals surface area contributed by atoms with Gasteiger partial charge in [0.1, 0.15) is 5.82 Å². The Bertz CT molecular complexity index is 782. The fourth-order valence-electron chi connectivity index (χ4n) is 4.38. The normalized spacial score (nSPS) is 25.5. The Kier molecular flexibility index (Phi) is 4.67. The van der Waals surface area contributed by atoms with Crippen molar-refractivity contribution in [3.63, 3.8) is 0 Å². The lowest BCUT2D eigenvalue weighted by atomic mass is 9.89. The fourth-order valence-corrected chi connectivity index (χ4v) is 5.01. The molecule has 2 fully saturated rings. The second kappa shape index (κ2) is 6.96. The molecule has 0 aliphatic carbocycles. The molecular weight excluding hydrogens is 351 g/mol. The molecule has 0 unspecified atom stereocenters. The number of fused-ring (bicyclic) bond motifs is 1. The van der Waals surface area contributed by atoms with E-state index in [1.54, 1.807) is 42.5 Å². The minimum absolute atomic E-state index is 0.00247. The Labute approximate surface area is 157 Å². The summed E-state index contributed by atoms with van der Waals surface area (Å²) in [5.41, 5.74) is 2.76. The van der Waals surface area contributed by atoms with E-state index < -0.39 is 0 Å². The summed E-state index contributed by atoms with van der Waals surface area (Å²) in [6.45, 7) is 3.50. The summed E-state index contributed by atoms with van der Waals surface area (Å²) in [6, 6.07) is 6.64. The summed E-state index contributed by atoms with van der Waals surface area (Å²) in [5, 5.41) is 0. The third-order valence-corrected chi connectivity index (χ3v) is 6.19. The van der Waals surface area contributed by atoms with Crippen molar-refractivity contribution in [2.24, 2.45) is 11.8 Å². The number of amides is 2. The first-order valence-electron chi connectivity index (χ1n) is 8.86. The maximum Gasteiger partial charge on any atom is 0.320 e. The molecule has 2 aliphatic heterocycles. The van der Waals surface area contributed by atoms with Gasteiger partial charge in [-0.2, -0.15) is 0 Å². The fraction of sp³-hybridized carbons (Fsp3) is 0.474. The lowest BCUT2D eigenvalue weighted by Gasteiger charge is -2.31. The van der Waals surface area contributed by atoms with Gasteiger partial charge in [0.2, 0.25) is 0 Å². The highest BCUT2D eigenvalue weighted by molar-refractivity contribution is 7.09. The van der Waals surface area contributed by atoms with Crippen LogP contribution in [0.15, 0.2) is 36.0 Å². The molecule has 3 atom stereocenters. The first-order valence-corrected chi connectivity index (χ1v) is 9.74. The summed E-state index contributed by atoms with van der Waals surface area (Å²) in [4.78, 5) is 24.1. The monoisotopic (exact) mass is 374 g/mol. The van der Waals surface area contributed by atoms with Gasteiger partial charge >= 0.3 is 6.03 Å². The van der Waals surface area contributed by atoms with E-state index in [2.05, 4.69) is 9.88 Å². The topological polar surface area (TPSA) is 39.7 Å². The zero-order valence-corrected chi connectivity index (χ0v) is 15.8. The summed E-state index contributed by atoms with van der Waals surface area (Å²) in [5.74, 6) is 0.497. The number of carbonyl (C=O) groups is 1. The maximum atomic E-state index is 13.8. The number of nitrogens with zero attached hydrogens (tertiary/aromatic N) is 4. The minimum atomic E-state index is -0.247. The lowest BCUT2D eigenvalue weighted by Crippen LogP contribution is -2.41. The van der Waals surface area contributed by atoms with Gasteiger partial charge in [0.25, 0.3) is 0 Å². The maximum absolute atomic E-state index is 13.8. The molecule has 1 aromatic carbocycles. The Morgan fingerprint density at radius 3 is 2.88 bits per heavy atom. The first-order chi connectivity index (χ1) is 12.5. The molecule has 4 rings (SSSR count). The van der Waals surface area contributed by atoms with Gasteiger partial charge in [0, 0.05) is 57.3 Å². The molecule has 0 N–H and O–H groups in total. The molecule has 0 radical (unpaired) electrons. The molecule has 138 valence electrons. The Hall–Kier alpha value is -1.99. The quantitative estimate of drug-likeness (QED) is 0.829. The zero-order chi connectivity index (χ0) is 18.3. The van der Waals surface area contributed by atoms with Gasteiger partial charge < -0.3 is 9.80 Å². The molecule has 2 aliphatic rings. The smallest absolute Gasteiger partial charge is 0.320 e. The van der Waals surface area contributed by atoms with Crippen molar-refractivity contribution in [1.82, 2.24) is 19.7 Å². The van der Waals surface area contributed by atoms with E-state index in [0.29, 0.717) is 11.8 Å². The molecule has 7 heteroatoms. The number of urea groups is 1. The van der Waals surface area contributed by atoms with Gasteiger partial charge in [-0.1, -0.05) is 12.1 Å². The van der Waals surface area contributed by atoms with Crippen LogP contribution in [0.2, 0.25) is 0 Å². The second-order valence-corrected chi connectivity index (χ2v) is 8.39. The molecule has 2 amide bonds. The minimum Gasteiger partial charge on any atom is -0.331 e. The van der Waals surface area contributed by atoms with E-state index in [9.17, 15) is 9.18 Å². The van der Waals surface area contributed by atoms with Crippen LogP contribution in [0, 0.1) is 17.7 Å². The highest BCUT2D eigenvalue weighted by Gasteiger charge is 2.49. The predicted octanol–water partition coefficient (Wildman–Crippen LogP) is 3.07. The number of aromatic nitrogens is 1. The number of likely N-dealkylation sites (tertiary alicyclic amines) is 2. The number of halogens is 1. The van der Waals surface area contributed by atoms with Crippen molar-refractivity contribution >= 4 is 17.4 Å². The van der Waals surface area contributed by atoms with E-state index in [0.717, 1.165) is 31.7 Å². The Balaban J connectivity index is 1.59. The van der Waals surface area contributed by atoms with E-state index in [1.165, 1.54) is 10.9 Å². The van der Waals surface area contributed by atoms with Crippen LogP contribution in [0.1, 0.15) is 16.5 Å². The number of thiazole rings is 1. The van der Waals surface area contributed by atoms with Crippen molar-refractivity contribution in [3.8, 4) is 0 Å². The number of hydrogen-bond acceptors (Lipinski definition) is 4. The van der Waals surface area contributed by atoms with Crippen molar-refractivity contribution in [3.05, 3.63) is 52.2 Å². The van der Waals surface area contributed by atoms with Crippen LogP contribution in [-0.4, -0.2) is 59.4 Å².